The number of carbonyl (C=O) groups is 1. The molecule has 4 heteroatoms. The molecule has 0 aliphatic carbocycles. The predicted octanol–water partition coefficient (Wildman–Crippen LogP) is 1.42. The molecule has 0 atom stereocenters. The second-order valence-electron chi connectivity index (χ2n) is 2.63. The highest BCUT2D eigenvalue weighted by molar-refractivity contribution is 5.94. The molecule has 0 bridgehead atoms. The Morgan fingerprint density at radius 3 is 2.79 bits per heavy atom. The Morgan fingerprint density at radius 1 is 1.43 bits per heavy atom. The highest BCUT2D eigenvalue weighted by atomic mass is 16.7. The molecule has 14 heavy (non-hydrogen) atoms. The zero-order valence-electron chi connectivity index (χ0n) is 8.03. The van der Waals surface area contributed by atoms with Gasteiger partial charge >= 0.3 is 5.97 Å². The second-order valence-corrected chi connectivity index (χ2v) is 2.63. The summed E-state index contributed by atoms with van der Waals surface area (Å²) in [7, 11) is 0. The number of hydrogen-bond acceptors (Lipinski definition) is 4. The van der Waals surface area contributed by atoms with Crippen molar-refractivity contribution in [3.05, 3.63) is 29.8 Å². The second kappa shape index (κ2) is 5.24. The minimum Gasteiger partial charge on any atom is -0.435 e. The monoisotopic (exact) mass is 195 g/mol. The topological polar surface area (TPSA) is 61.5 Å². The van der Waals surface area contributed by atoms with E-state index in [4.69, 9.17) is 15.2 Å². The molecule has 1 rings (SSSR count). The van der Waals surface area contributed by atoms with Crippen molar-refractivity contribution in [1.82, 2.24) is 0 Å². The van der Waals surface area contributed by atoms with Crippen LogP contribution in [0.5, 0.6) is 0 Å². The van der Waals surface area contributed by atoms with Crippen molar-refractivity contribution >= 4 is 11.7 Å². The summed E-state index contributed by atoms with van der Waals surface area (Å²) in [6.45, 7) is 2.30. The maximum Gasteiger partial charge on any atom is 0.342 e. The van der Waals surface area contributed by atoms with E-state index >= 15 is 0 Å². The molecule has 0 heterocycles. The van der Waals surface area contributed by atoms with E-state index in [1.165, 1.54) is 0 Å². The van der Waals surface area contributed by atoms with Gasteiger partial charge in [0.15, 0.2) is 6.79 Å². The van der Waals surface area contributed by atoms with Crippen LogP contribution >= 0.6 is 0 Å². The van der Waals surface area contributed by atoms with Gasteiger partial charge in [-0.05, 0) is 19.1 Å². The molecule has 0 aliphatic rings. The normalized spacial score (nSPS) is 9.79. The summed E-state index contributed by atoms with van der Waals surface area (Å²) >= 11 is 0. The fourth-order valence-electron chi connectivity index (χ4n) is 0.939. The molecule has 1 aromatic rings. The summed E-state index contributed by atoms with van der Waals surface area (Å²) in [5.74, 6) is -0.462. The van der Waals surface area contributed by atoms with Crippen LogP contribution < -0.4 is 5.73 Å². The summed E-state index contributed by atoms with van der Waals surface area (Å²) in [6.07, 6.45) is 0. The maximum atomic E-state index is 11.4. The SMILES string of the molecule is CCOCOC(=O)c1ccccc1N. The summed E-state index contributed by atoms with van der Waals surface area (Å²) in [6, 6.07) is 6.75. The van der Waals surface area contributed by atoms with E-state index in [9.17, 15) is 4.79 Å². The summed E-state index contributed by atoms with van der Waals surface area (Å²) in [5.41, 5.74) is 6.36. The quantitative estimate of drug-likeness (QED) is 0.341. The third kappa shape index (κ3) is 2.74. The summed E-state index contributed by atoms with van der Waals surface area (Å²) in [5, 5.41) is 0. The fourth-order valence-corrected chi connectivity index (χ4v) is 0.939. The zero-order valence-corrected chi connectivity index (χ0v) is 8.03. The predicted molar refractivity (Wildman–Crippen MR) is 52.8 cm³/mol. The lowest BCUT2D eigenvalue weighted by atomic mass is 10.2. The lowest BCUT2D eigenvalue weighted by Gasteiger charge is -2.05. The van der Waals surface area contributed by atoms with Crippen molar-refractivity contribution in [3.63, 3.8) is 0 Å². The first-order chi connectivity index (χ1) is 6.75. The van der Waals surface area contributed by atoms with Crippen LogP contribution in [0.3, 0.4) is 0 Å². The Bertz CT molecular complexity index is 312. The number of ether oxygens (including phenoxy) is 2. The smallest absolute Gasteiger partial charge is 0.342 e. The number of hydrogen-bond donors (Lipinski definition) is 1. The van der Waals surface area contributed by atoms with Gasteiger partial charge in [0.1, 0.15) is 0 Å². The molecule has 1 aromatic carbocycles. The van der Waals surface area contributed by atoms with E-state index in [1.54, 1.807) is 24.3 Å². The van der Waals surface area contributed by atoms with Crippen molar-refractivity contribution in [3.8, 4) is 0 Å². The number of para-hydroxylation sites is 1. The van der Waals surface area contributed by atoms with Crippen molar-refractivity contribution in [2.24, 2.45) is 0 Å². The lowest BCUT2D eigenvalue weighted by molar-refractivity contribution is -0.0273. The highest BCUT2D eigenvalue weighted by Gasteiger charge is 2.09. The fraction of sp³-hybridized carbons (Fsp3) is 0.300. The molecule has 0 radical (unpaired) electrons. The molecule has 2 N–H and O–H groups in total. The number of nitrogen functional groups attached to an aromatic ring is 1. The van der Waals surface area contributed by atoms with Gasteiger partial charge in [-0.2, -0.15) is 0 Å². The van der Waals surface area contributed by atoms with Crippen molar-refractivity contribution in [2.75, 3.05) is 19.1 Å². The molecular formula is C10H13NO3. The van der Waals surface area contributed by atoms with Crippen LogP contribution in [0.2, 0.25) is 0 Å². The first-order valence-corrected chi connectivity index (χ1v) is 4.35. The van der Waals surface area contributed by atoms with Crippen LogP contribution in [-0.4, -0.2) is 19.4 Å². The molecule has 0 saturated heterocycles. The zero-order chi connectivity index (χ0) is 10.4. The molecule has 0 fully saturated rings. The Balaban J connectivity index is 2.56. The van der Waals surface area contributed by atoms with Gasteiger partial charge in [-0.25, -0.2) is 4.79 Å². The van der Waals surface area contributed by atoms with Gasteiger partial charge in [0, 0.05) is 12.3 Å². The van der Waals surface area contributed by atoms with Crippen LogP contribution in [0, 0.1) is 0 Å². The number of nitrogens with two attached hydrogens (primary N) is 1. The van der Waals surface area contributed by atoms with Crippen LogP contribution in [0.25, 0.3) is 0 Å². The number of anilines is 1. The average Bonchev–Trinajstić information content (AvgIpc) is 2.18. The van der Waals surface area contributed by atoms with Crippen LogP contribution in [-0.2, 0) is 9.47 Å². The van der Waals surface area contributed by atoms with Crippen molar-refractivity contribution in [1.29, 1.82) is 0 Å². The highest BCUT2D eigenvalue weighted by Crippen LogP contribution is 2.11. The van der Waals surface area contributed by atoms with Gasteiger partial charge in [-0.1, -0.05) is 12.1 Å². The van der Waals surface area contributed by atoms with Crippen molar-refractivity contribution in [2.45, 2.75) is 6.92 Å². The standard InChI is InChI=1S/C10H13NO3/c1-2-13-7-14-10(12)8-5-3-4-6-9(8)11/h3-6H,2,7,11H2,1H3. The van der Waals surface area contributed by atoms with Gasteiger partial charge in [-0.3, -0.25) is 0 Å². The number of esters is 1. The van der Waals surface area contributed by atoms with E-state index in [2.05, 4.69) is 0 Å². The Labute approximate surface area is 82.6 Å². The number of carbonyl (C=O) groups excluding carboxylic acids is 1. The summed E-state index contributed by atoms with van der Waals surface area (Å²) < 4.78 is 9.69. The van der Waals surface area contributed by atoms with Crippen LogP contribution in [0.4, 0.5) is 5.69 Å². The van der Waals surface area contributed by atoms with Gasteiger partial charge in [0.05, 0.1) is 5.56 Å². The van der Waals surface area contributed by atoms with Gasteiger partial charge < -0.3 is 15.2 Å². The molecule has 76 valence electrons. The van der Waals surface area contributed by atoms with Gasteiger partial charge in [0.25, 0.3) is 0 Å². The molecule has 0 aromatic heterocycles. The molecule has 0 aliphatic heterocycles. The van der Waals surface area contributed by atoms with Gasteiger partial charge in [0.2, 0.25) is 0 Å². The van der Waals surface area contributed by atoms with Crippen LogP contribution in [0.1, 0.15) is 17.3 Å². The summed E-state index contributed by atoms with van der Waals surface area (Å²) in [4.78, 5) is 11.4. The third-order valence-corrected chi connectivity index (χ3v) is 1.66. The minimum atomic E-state index is -0.462. The lowest BCUT2D eigenvalue weighted by Crippen LogP contribution is -2.10. The molecule has 0 spiro atoms. The van der Waals surface area contributed by atoms with E-state index in [1.807, 2.05) is 6.92 Å². The van der Waals surface area contributed by atoms with Crippen LogP contribution in [0.15, 0.2) is 24.3 Å². The maximum absolute atomic E-state index is 11.4. The average molecular weight is 195 g/mol. The van der Waals surface area contributed by atoms with Gasteiger partial charge in [-0.15, -0.1) is 0 Å². The Hall–Kier alpha value is -1.55. The minimum absolute atomic E-state index is 0.0380. The first-order valence-electron chi connectivity index (χ1n) is 4.35. The molecule has 0 amide bonds. The largest absolute Gasteiger partial charge is 0.435 e. The Morgan fingerprint density at radius 2 is 2.14 bits per heavy atom. The molecule has 0 saturated carbocycles. The molecule has 4 nitrogen and oxygen atoms in total. The van der Waals surface area contributed by atoms with E-state index < -0.39 is 5.97 Å². The third-order valence-electron chi connectivity index (χ3n) is 1.66. The number of benzene rings is 1. The Kier molecular flexibility index (Phi) is 3.94. The van der Waals surface area contributed by atoms with E-state index in [0.717, 1.165) is 0 Å². The van der Waals surface area contributed by atoms with E-state index in [-0.39, 0.29) is 6.79 Å². The first kappa shape index (κ1) is 10.5. The molecular weight excluding hydrogens is 182 g/mol. The number of rotatable bonds is 4. The van der Waals surface area contributed by atoms with E-state index in [0.29, 0.717) is 17.9 Å². The van der Waals surface area contributed by atoms with Crippen molar-refractivity contribution < 1.29 is 14.3 Å². The molecule has 0 unspecified atom stereocenters.